The zero-order chi connectivity index (χ0) is 13.9. The summed E-state index contributed by atoms with van der Waals surface area (Å²) >= 11 is 1.74. The summed E-state index contributed by atoms with van der Waals surface area (Å²) in [5.41, 5.74) is 2.51. The van der Waals surface area contributed by atoms with Crippen molar-refractivity contribution in [3.8, 4) is 0 Å². The van der Waals surface area contributed by atoms with Crippen molar-refractivity contribution in [3.05, 3.63) is 46.2 Å². The molecule has 0 amide bonds. The number of hydrogen-bond acceptors (Lipinski definition) is 4. The van der Waals surface area contributed by atoms with E-state index in [0.717, 1.165) is 12.2 Å². The lowest BCUT2D eigenvalue weighted by molar-refractivity contribution is 0.556. The zero-order valence-corrected chi connectivity index (χ0v) is 12.8. The highest BCUT2D eigenvalue weighted by atomic mass is 32.1. The molecule has 1 unspecified atom stereocenters. The molecule has 2 heterocycles. The normalized spacial score (nSPS) is 13.5. The number of hydrogen-bond donors (Lipinski definition) is 1. The lowest BCUT2D eigenvalue weighted by Crippen LogP contribution is -2.18. The fraction of sp³-hybridized carbons (Fsp3) is 0.467. The largest absolute Gasteiger partial charge is 0.305 e. The van der Waals surface area contributed by atoms with Crippen LogP contribution in [-0.4, -0.2) is 9.97 Å². The maximum atomic E-state index is 4.69. The van der Waals surface area contributed by atoms with Gasteiger partial charge in [-0.3, -0.25) is 4.98 Å². The fourth-order valence-corrected chi connectivity index (χ4v) is 2.67. The van der Waals surface area contributed by atoms with Crippen LogP contribution < -0.4 is 5.32 Å². The van der Waals surface area contributed by atoms with Crippen molar-refractivity contribution in [3.63, 3.8) is 0 Å². The van der Waals surface area contributed by atoms with Crippen molar-refractivity contribution < 1.29 is 0 Å². The highest BCUT2D eigenvalue weighted by Crippen LogP contribution is 2.25. The molecule has 0 aliphatic rings. The van der Waals surface area contributed by atoms with Gasteiger partial charge >= 0.3 is 0 Å². The summed E-state index contributed by atoms with van der Waals surface area (Å²) in [6.07, 6.45) is 3.65. The average Bonchev–Trinajstić information content (AvgIpc) is 2.86. The highest BCUT2D eigenvalue weighted by Gasteiger charge is 2.18. The van der Waals surface area contributed by atoms with Gasteiger partial charge in [0.1, 0.15) is 0 Å². The number of pyridine rings is 1. The highest BCUT2D eigenvalue weighted by molar-refractivity contribution is 7.09. The molecule has 1 N–H and O–H groups in total. The van der Waals surface area contributed by atoms with E-state index in [-0.39, 0.29) is 5.41 Å². The van der Waals surface area contributed by atoms with E-state index in [1.165, 1.54) is 10.6 Å². The van der Waals surface area contributed by atoms with E-state index in [4.69, 9.17) is 4.98 Å². The van der Waals surface area contributed by atoms with Gasteiger partial charge in [0, 0.05) is 35.8 Å². The molecule has 1 atom stereocenters. The molecule has 0 bridgehead atoms. The SMILES string of the molecule is CC(NCc1csc(C(C)(C)C)n1)c1ccncc1. The molecule has 2 aromatic heterocycles. The van der Waals surface area contributed by atoms with Crippen molar-refractivity contribution in [2.45, 2.75) is 45.7 Å². The van der Waals surface area contributed by atoms with E-state index in [1.807, 2.05) is 24.5 Å². The zero-order valence-electron chi connectivity index (χ0n) is 12.0. The lowest BCUT2D eigenvalue weighted by Gasteiger charge is -2.14. The molecule has 0 saturated heterocycles. The van der Waals surface area contributed by atoms with Gasteiger partial charge in [-0.2, -0.15) is 0 Å². The molecule has 0 aromatic carbocycles. The van der Waals surface area contributed by atoms with Crippen LogP contribution in [0.4, 0.5) is 0 Å². The Kier molecular flexibility index (Phi) is 4.32. The first-order valence-electron chi connectivity index (χ1n) is 6.55. The van der Waals surface area contributed by atoms with Gasteiger partial charge in [-0.1, -0.05) is 20.8 Å². The molecule has 0 saturated carbocycles. The summed E-state index contributed by atoms with van der Waals surface area (Å²) in [5, 5.41) is 6.84. The monoisotopic (exact) mass is 275 g/mol. The van der Waals surface area contributed by atoms with Crippen LogP contribution in [0.15, 0.2) is 29.9 Å². The van der Waals surface area contributed by atoms with Crippen molar-refractivity contribution in [1.29, 1.82) is 0 Å². The molecule has 2 aromatic rings. The summed E-state index contributed by atoms with van der Waals surface area (Å²) in [6, 6.07) is 4.39. The molecule has 102 valence electrons. The Morgan fingerprint density at radius 3 is 2.53 bits per heavy atom. The molecule has 0 fully saturated rings. The van der Waals surface area contributed by atoms with Crippen LogP contribution in [0, 0.1) is 0 Å². The molecule has 0 radical (unpaired) electrons. The molecule has 4 heteroatoms. The third-order valence-corrected chi connectivity index (χ3v) is 4.31. The number of nitrogens with zero attached hydrogens (tertiary/aromatic N) is 2. The molecule has 19 heavy (non-hydrogen) atoms. The summed E-state index contributed by atoms with van der Waals surface area (Å²) in [7, 11) is 0. The second-order valence-corrected chi connectivity index (χ2v) is 6.64. The Morgan fingerprint density at radius 1 is 1.26 bits per heavy atom. The average molecular weight is 275 g/mol. The number of aromatic nitrogens is 2. The van der Waals surface area contributed by atoms with Gasteiger partial charge < -0.3 is 5.32 Å². The molecular weight excluding hydrogens is 254 g/mol. The van der Waals surface area contributed by atoms with E-state index in [0.29, 0.717) is 6.04 Å². The van der Waals surface area contributed by atoms with Crippen LogP contribution in [0.3, 0.4) is 0 Å². The number of rotatable bonds is 4. The van der Waals surface area contributed by atoms with E-state index in [9.17, 15) is 0 Å². The van der Waals surface area contributed by atoms with Crippen molar-refractivity contribution in [1.82, 2.24) is 15.3 Å². The fourth-order valence-electron chi connectivity index (χ4n) is 1.76. The summed E-state index contributed by atoms with van der Waals surface area (Å²) in [6.45, 7) is 9.55. The van der Waals surface area contributed by atoms with Crippen LogP contribution in [0.5, 0.6) is 0 Å². The third kappa shape index (κ3) is 3.85. The summed E-state index contributed by atoms with van der Waals surface area (Å²) < 4.78 is 0. The van der Waals surface area contributed by atoms with Crippen molar-refractivity contribution >= 4 is 11.3 Å². The molecule has 0 aliphatic carbocycles. The van der Waals surface area contributed by atoms with Gasteiger partial charge in [0.15, 0.2) is 0 Å². The van der Waals surface area contributed by atoms with Gasteiger partial charge in [-0.05, 0) is 24.6 Å². The van der Waals surface area contributed by atoms with Crippen molar-refractivity contribution in [2.75, 3.05) is 0 Å². The van der Waals surface area contributed by atoms with Gasteiger partial charge in [-0.25, -0.2) is 4.98 Å². The predicted molar refractivity (Wildman–Crippen MR) is 80.3 cm³/mol. The minimum atomic E-state index is 0.139. The van der Waals surface area contributed by atoms with Crippen LogP contribution >= 0.6 is 11.3 Å². The molecule has 0 spiro atoms. The van der Waals surface area contributed by atoms with Gasteiger partial charge in [0.25, 0.3) is 0 Å². The second kappa shape index (κ2) is 5.80. The maximum absolute atomic E-state index is 4.69. The Hall–Kier alpha value is -1.26. The lowest BCUT2D eigenvalue weighted by atomic mass is 9.98. The predicted octanol–water partition coefficient (Wildman–Crippen LogP) is 3.69. The number of nitrogens with one attached hydrogen (secondary N) is 1. The van der Waals surface area contributed by atoms with Gasteiger partial charge in [0.2, 0.25) is 0 Å². The maximum Gasteiger partial charge on any atom is 0.0982 e. The quantitative estimate of drug-likeness (QED) is 0.925. The molecular formula is C15H21N3S. The summed E-state index contributed by atoms with van der Waals surface area (Å²) in [4.78, 5) is 8.73. The Labute approximate surface area is 119 Å². The minimum absolute atomic E-state index is 0.139. The first-order valence-corrected chi connectivity index (χ1v) is 7.43. The third-order valence-electron chi connectivity index (χ3n) is 2.99. The Bertz CT molecular complexity index is 514. The smallest absolute Gasteiger partial charge is 0.0982 e. The van der Waals surface area contributed by atoms with E-state index >= 15 is 0 Å². The van der Waals surface area contributed by atoms with Gasteiger partial charge in [-0.15, -0.1) is 11.3 Å². The van der Waals surface area contributed by atoms with E-state index < -0.39 is 0 Å². The van der Waals surface area contributed by atoms with Crippen LogP contribution in [0.25, 0.3) is 0 Å². The molecule has 2 rings (SSSR count). The minimum Gasteiger partial charge on any atom is -0.305 e. The first-order chi connectivity index (χ1) is 8.97. The van der Waals surface area contributed by atoms with Crippen molar-refractivity contribution in [2.24, 2.45) is 0 Å². The van der Waals surface area contributed by atoms with Crippen LogP contribution in [0.2, 0.25) is 0 Å². The van der Waals surface area contributed by atoms with Crippen LogP contribution in [-0.2, 0) is 12.0 Å². The molecule has 0 aliphatic heterocycles. The number of thiazole rings is 1. The Morgan fingerprint density at radius 2 is 1.95 bits per heavy atom. The topological polar surface area (TPSA) is 37.8 Å². The van der Waals surface area contributed by atoms with E-state index in [1.54, 1.807) is 11.3 Å². The second-order valence-electron chi connectivity index (χ2n) is 5.78. The standard InChI is InChI=1S/C15H21N3S/c1-11(12-5-7-16-8-6-12)17-9-13-10-19-14(18-13)15(2,3)4/h5-8,10-11,17H,9H2,1-4H3. The molecule has 3 nitrogen and oxygen atoms in total. The van der Waals surface area contributed by atoms with E-state index in [2.05, 4.69) is 43.4 Å². The Balaban J connectivity index is 1.94. The van der Waals surface area contributed by atoms with Crippen LogP contribution in [0.1, 0.15) is 50.0 Å². The van der Waals surface area contributed by atoms with Gasteiger partial charge in [0.05, 0.1) is 10.7 Å². The summed E-state index contributed by atoms with van der Waals surface area (Å²) in [5.74, 6) is 0. The first kappa shape index (κ1) is 14.2.